The summed E-state index contributed by atoms with van der Waals surface area (Å²) in [5, 5.41) is 20.0. The first kappa shape index (κ1) is 47.9. The van der Waals surface area contributed by atoms with Gasteiger partial charge in [-0.1, -0.05) is 142 Å². The van der Waals surface area contributed by atoms with E-state index in [9.17, 15) is 24.4 Å². The molecule has 0 radical (unpaired) electrons. The standard InChI is InChI=1S/C37H73O11P/c1-6-8-10-12-14-16-18-20-22-24-26-28-35(39)44-30-33(31-45-49(42,48-43-5)46-32-34(38)37(3,4)41)47-36(40)29-27-25-23-21-19-17-15-13-11-9-7-2/h33-34,38,41H,6-32H2,1-5H3. The molecule has 2 N–H and O–H groups in total. The molecular weight excluding hydrogens is 651 g/mol. The van der Waals surface area contributed by atoms with Gasteiger partial charge in [-0.25, -0.2) is 9.45 Å². The SMILES string of the molecule is CCCCCCCCCCCCCC(=O)OCC(COP(=O)(OCC(O)C(C)(C)O)OOC)OC(=O)CCCCCCCCCCCCC. The van der Waals surface area contributed by atoms with E-state index in [1.54, 1.807) is 0 Å². The van der Waals surface area contributed by atoms with E-state index in [1.165, 1.54) is 104 Å². The molecule has 0 spiro atoms. The van der Waals surface area contributed by atoms with E-state index in [1.807, 2.05) is 0 Å². The molecule has 0 fully saturated rings. The van der Waals surface area contributed by atoms with Crippen molar-refractivity contribution in [3.8, 4) is 0 Å². The van der Waals surface area contributed by atoms with Crippen molar-refractivity contribution in [3.05, 3.63) is 0 Å². The van der Waals surface area contributed by atoms with Crippen molar-refractivity contribution in [1.82, 2.24) is 0 Å². The average Bonchev–Trinajstić information content (AvgIpc) is 3.06. The van der Waals surface area contributed by atoms with Gasteiger partial charge in [-0.2, -0.15) is 0 Å². The lowest BCUT2D eigenvalue weighted by Crippen LogP contribution is -2.39. The number of carbonyl (C=O) groups excluding carboxylic acids is 2. The minimum absolute atomic E-state index is 0.195. The highest BCUT2D eigenvalue weighted by Crippen LogP contribution is 2.50. The molecule has 0 amide bonds. The zero-order valence-electron chi connectivity index (χ0n) is 31.8. The molecule has 49 heavy (non-hydrogen) atoms. The van der Waals surface area contributed by atoms with Gasteiger partial charge in [0.1, 0.15) is 12.7 Å². The summed E-state index contributed by atoms with van der Waals surface area (Å²) in [6, 6.07) is 0. The maximum atomic E-state index is 13.1. The van der Waals surface area contributed by atoms with E-state index in [2.05, 4.69) is 18.7 Å². The number of ether oxygens (including phenoxy) is 2. The Morgan fingerprint density at radius 3 is 1.41 bits per heavy atom. The number of phosphoric ester groups is 1. The van der Waals surface area contributed by atoms with Gasteiger partial charge >= 0.3 is 19.8 Å². The first-order valence-electron chi connectivity index (χ1n) is 19.3. The molecule has 0 aromatic heterocycles. The maximum absolute atomic E-state index is 13.1. The molecule has 12 heteroatoms. The van der Waals surface area contributed by atoms with Gasteiger partial charge in [0.25, 0.3) is 0 Å². The topological polar surface area (TPSA) is 147 Å². The van der Waals surface area contributed by atoms with E-state index in [0.717, 1.165) is 45.6 Å². The molecular formula is C37H73O11P. The smallest absolute Gasteiger partial charge is 0.462 e. The molecule has 11 nitrogen and oxygen atoms in total. The highest BCUT2D eigenvalue weighted by molar-refractivity contribution is 7.48. The summed E-state index contributed by atoms with van der Waals surface area (Å²) in [5.74, 6) is -0.894. The van der Waals surface area contributed by atoms with E-state index in [4.69, 9.17) is 23.2 Å². The first-order chi connectivity index (χ1) is 23.5. The van der Waals surface area contributed by atoms with E-state index in [0.29, 0.717) is 12.8 Å². The summed E-state index contributed by atoms with van der Waals surface area (Å²) in [5.41, 5.74) is -1.54. The number of carbonyl (C=O) groups is 2. The van der Waals surface area contributed by atoms with Crippen LogP contribution >= 0.6 is 7.82 Å². The van der Waals surface area contributed by atoms with Crippen molar-refractivity contribution in [2.24, 2.45) is 0 Å². The number of unbranched alkanes of at least 4 members (excludes halogenated alkanes) is 20. The van der Waals surface area contributed by atoms with Crippen LogP contribution < -0.4 is 0 Å². The van der Waals surface area contributed by atoms with Crippen molar-refractivity contribution in [3.63, 3.8) is 0 Å². The Kier molecular flexibility index (Phi) is 31.0. The third-order valence-electron chi connectivity index (χ3n) is 8.49. The van der Waals surface area contributed by atoms with Gasteiger partial charge in [-0.15, -0.1) is 4.67 Å². The Hall–Kier alpha value is -1.07. The van der Waals surface area contributed by atoms with Crippen LogP contribution in [0.1, 0.15) is 182 Å². The van der Waals surface area contributed by atoms with Crippen LogP contribution in [0, 0.1) is 0 Å². The molecule has 3 atom stereocenters. The summed E-state index contributed by atoms with van der Waals surface area (Å²) in [7, 11) is -3.30. The molecule has 0 aliphatic carbocycles. The van der Waals surface area contributed by atoms with Gasteiger partial charge in [0.05, 0.1) is 25.9 Å². The van der Waals surface area contributed by atoms with Gasteiger partial charge < -0.3 is 19.7 Å². The summed E-state index contributed by atoms with van der Waals surface area (Å²) in [4.78, 5) is 29.7. The van der Waals surface area contributed by atoms with Crippen molar-refractivity contribution in [2.45, 2.75) is 200 Å². The van der Waals surface area contributed by atoms with Crippen LogP contribution in [0.4, 0.5) is 0 Å². The number of rotatable bonds is 36. The normalized spacial score (nSPS) is 14.3. The molecule has 0 aliphatic heterocycles. The number of hydrogen-bond acceptors (Lipinski definition) is 11. The fraction of sp³-hybridized carbons (Fsp3) is 0.946. The highest BCUT2D eigenvalue weighted by atomic mass is 31.2. The lowest BCUT2D eigenvalue weighted by molar-refractivity contribution is -0.206. The number of aliphatic hydroxyl groups excluding tert-OH is 1. The van der Waals surface area contributed by atoms with Crippen LogP contribution in [-0.4, -0.2) is 66.9 Å². The maximum Gasteiger partial charge on any atom is 0.502 e. The minimum atomic E-state index is -4.40. The van der Waals surface area contributed by atoms with Crippen molar-refractivity contribution in [2.75, 3.05) is 26.9 Å². The summed E-state index contributed by atoms with van der Waals surface area (Å²) in [6.45, 7) is 5.82. The predicted octanol–water partition coefficient (Wildman–Crippen LogP) is 9.69. The Bertz CT molecular complexity index is 834. The summed E-state index contributed by atoms with van der Waals surface area (Å²) in [6.07, 6.45) is 23.6. The molecule has 0 saturated carbocycles. The number of hydrogen-bond donors (Lipinski definition) is 2. The molecule has 0 heterocycles. The van der Waals surface area contributed by atoms with E-state index >= 15 is 0 Å². The van der Waals surface area contributed by atoms with E-state index < -0.39 is 50.8 Å². The molecule has 3 unspecified atom stereocenters. The summed E-state index contributed by atoms with van der Waals surface area (Å²) < 4.78 is 39.2. The molecule has 0 saturated heterocycles. The minimum Gasteiger partial charge on any atom is -0.462 e. The predicted molar refractivity (Wildman–Crippen MR) is 193 cm³/mol. The molecule has 0 aliphatic rings. The Morgan fingerprint density at radius 1 is 0.612 bits per heavy atom. The molecule has 0 rings (SSSR count). The Balaban J connectivity index is 4.73. The fourth-order valence-corrected chi connectivity index (χ4v) is 6.21. The lowest BCUT2D eigenvalue weighted by Gasteiger charge is -2.26. The Labute approximate surface area is 298 Å². The van der Waals surface area contributed by atoms with E-state index in [-0.39, 0.29) is 19.4 Å². The number of phosphoric acid groups is 1. The highest BCUT2D eigenvalue weighted by Gasteiger charge is 2.34. The van der Waals surface area contributed by atoms with Crippen LogP contribution in [0.5, 0.6) is 0 Å². The largest absolute Gasteiger partial charge is 0.502 e. The number of aliphatic hydroxyl groups is 2. The van der Waals surface area contributed by atoms with Crippen LogP contribution in [0.2, 0.25) is 0 Å². The third kappa shape index (κ3) is 30.3. The fourth-order valence-electron chi connectivity index (χ4n) is 5.20. The van der Waals surface area contributed by atoms with Crippen molar-refractivity contribution < 1.29 is 52.5 Å². The molecule has 292 valence electrons. The van der Waals surface area contributed by atoms with Crippen LogP contribution in [-0.2, 0) is 42.2 Å². The summed E-state index contributed by atoms with van der Waals surface area (Å²) >= 11 is 0. The van der Waals surface area contributed by atoms with Crippen molar-refractivity contribution in [1.29, 1.82) is 0 Å². The van der Waals surface area contributed by atoms with Crippen LogP contribution in [0.25, 0.3) is 0 Å². The van der Waals surface area contributed by atoms with Gasteiger partial charge in [0.2, 0.25) is 0 Å². The number of esters is 2. The second kappa shape index (κ2) is 31.6. The molecule has 0 aromatic rings. The Morgan fingerprint density at radius 2 is 1.00 bits per heavy atom. The third-order valence-corrected chi connectivity index (χ3v) is 9.75. The quantitative estimate of drug-likeness (QED) is 0.0209. The van der Waals surface area contributed by atoms with Gasteiger partial charge in [0.15, 0.2) is 6.10 Å². The zero-order valence-corrected chi connectivity index (χ0v) is 32.7. The second-order valence-corrected chi connectivity index (χ2v) is 15.4. The van der Waals surface area contributed by atoms with Crippen molar-refractivity contribution >= 4 is 19.8 Å². The van der Waals surface area contributed by atoms with Crippen LogP contribution in [0.15, 0.2) is 0 Å². The van der Waals surface area contributed by atoms with Crippen LogP contribution in [0.3, 0.4) is 0 Å². The first-order valence-corrected chi connectivity index (χ1v) is 20.8. The molecule has 0 bridgehead atoms. The zero-order chi connectivity index (χ0) is 36.6. The second-order valence-electron chi connectivity index (χ2n) is 13.8. The monoisotopic (exact) mass is 724 g/mol. The van der Waals surface area contributed by atoms with Gasteiger partial charge in [0, 0.05) is 12.8 Å². The van der Waals surface area contributed by atoms with Gasteiger partial charge in [-0.3, -0.25) is 18.6 Å². The van der Waals surface area contributed by atoms with Gasteiger partial charge in [-0.05, 0) is 26.7 Å². The molecule has 0 aromatic carbocycles. The average molecular weight is 725 g/mol. The lowest BCUT2D eigenvalue weighted by atomic mass is 10.0.